The van der Waals surface area contributed by atoms with Crippen LogP contribution in [-0.2, 0) is 16.1 Å². The Morgan fingerprint density at radius 2 is 1.59 bits per heavy atom. The van der Waals surface area contributed by atoms with Crippen LogP contribution in [0.25, 0.3) is 6.08 Å². The molecule has 0 fully saturated rings. The van der Waals surface area contributed by atoms with Crippen molar-refractivity contribution >= 4 is 45.3 Å². The zero-order chi connectivity index (χ0) is 28.4. The lowest BCUT2D eigenvalue weighted by atomic mass is 10.1. The summed E-state index contributed by atoms with van der Waals surface area (Å²) in [5.41, 5.74) is 0.105. The van der Waals surface area contributed by atoms with E-state index in [0.717, 1.165) is 5.56 Å². The molecule has 4 rings (SSSR count). The van der Waals surface area contributed by atoms with Crippen molar-refractivity contribution in [2.75, 3.05) is 11.6 Å². The second-order valence-electron chi connectivity index (χ2n) is 8.17. The molecule has 0 unspecified atom stereocenters. The molecule has 0 N–H and O–H groups in total. The smallest absolute Gasteiger partial charge is 0.338 e. The van der Waals surface area contributed by atoms with E-state index in [1.54, 1.807) is 49.4 Å². The van der Waals surface area contributed by atoms with Gasteiger partial charge in [0.25, 0.3) is 5.91 Å². The minimum absolute atomic E-state index is 0.00616. The van der Waals surface area contributed by atoms with Gasteiger partial charge in [-0.15, -0.1) is 0 Å². The number of esters is 1. The maximum Gasteiger partial charge on any atom is 0.338 e. The molecule has 3 aromatic carbocycles. The van der Waals surface area contributed by atoms with E-state index in [1.807, 2.05) is 0 Å². The average Bonchev–Trinajstić information content (AvgIpc) is 3.19. The number of benzene rings is 3. The van der Waals surface area contributed by atoms with Gasteiger partial charge in [0.2, 0.25) is 5.82 Å². The fraction of sp³-hybridized carbons (Fsp3) is 0.148. The van der Waals surface area contributed by atoms with Gasteiger partial charge < -0.3 is 9.47 Å². The van der Waals surface area contributed by atoms with Crippen LogP contribution in [-0.4, -0.2) is 24.2 Å². The lowest BCUT2D eigenvalue weighted by Crippen LogP contribution is -2.25. The van der Waals surface area contributed by atoms with Crippen molar-refractivity contribution in [3.05, 3.63) is 98.3 Å². The number of ether oxygens (including phenoxy) is 2. The van der Waals surface area contributed by atoms with Gasteiger partial charge in [0.1, 0.15) is 18.0 Å². The van der Waals surface area contributed by atoms with E-state index >= 15 is 0 Å². The second-order valence-corrected chi connectivity index (χ2v) is 9.03. The van der Waals surface area contributed by atoms with Gasteiger partial charge in [0.05, 0.1) is 27.9 Å². The van der Waals surface area contributed by atoms with Gasteiger partial charge >= 0.3 is 5.97 Å². The Hall–Kier alpha value is -4.06. The third kappa shape index (κ3) is 5.56. The lowest BCUT2D eigenvalue weighted by Gasteiger charge is -2.15. The molecule has 0 radical (unpaired) electrons. The molecule has 39 heavy (non-hydrogen) atoms. The van der Waals surface area contributed by atoms with Crippen LogP contribution < -0.4 is 9.75 Å². The SMILES string of the molecule is CCOC(=O)c1ccc(COc2ccc(/C=C3\C(=O)N(c4c(F)c(F)c(F)c(F)c4F)N=C3C)cc2Br)cc1. The Bertz CT molecular complexity index is 1510. The minimum atomic E-state index is -2.34. The molecule has 0 spiro atoms. The lowest BCUT2D eigenvalue weighted by molar-refractivity contribution is -0.114. The minimum Gasteiger partial charge on any atom is -0.488 e. The van der Waals surface area contributed by atoms with Crippen LogP contribution in [0.3, 0.4) is 0 Å². The van der Waals surface area contributed by atoms with Gasteiger partial charge in [0, 0.05) is 0 Å². The molecule has 0 atom stereocenters. The number of anilines is 1. The molecule has 3 aromatic rings. The molecule has 1 heterocycles. The van der Waals surface area contributed by atoms with Gasteiger partial charge in [-0.1, -0.05) is 18.2 Å². The number of hydrogen-bond acceptors (Lipinski definition) is 5. The number of halogens is 6. The highest BCUT2D eigenvalue weighted by atomic mass is 79.9. The summed E-state index contributed by atoms with van der Waals surface area (Å²) in [6.45, 7) is 3.53. The topological polar surface area (TPSA) is 68.2 Å². The van der Waals surface area contributed by atoms with E-state index in [2.05, 4.69) is 21.0 Å². The molecule has 0 saturated heterocycles. The van der Waals surface area contributed by atoms with Crippen LogP contribution in [0.2, 0.25) is 0 Å². The zero-order valence-electron chi connectivity index (χ0n) is 20.3. The molecule has 6 nitrogen and oxygen atoms in total. The van der Waals surface area contributed by atoms with E-state index in [1.165, 1.54) is 13.0 Å². The second kappa shape index (κ2) is 11.4. The summed E-state index contributed by atoms with van der Waals surface area (Å²) < 4.78 is 80.5. The first kappa shape index (κ1) is 28.0. The first-order valence-corrected chi connectivity index (χ1v) is 12.1. The van der Waals surface area contributed by atoms with E-state index in [0.29, 0.717) is 21.3 Å². The zero-order valence-corrected chi connectivity index (χ0v) is 21.9. The standard InChI is InChI=1S/C27H18BrF5N2O4/c1-3-38-27(37)16-7-4-14(5-8-16)12-39-19-9-6-15(11-18(19)28)10-17-13(2)34-35(26(17)36)25-23(32)21(30)20(29)22(31)24(25)33/h4-11H,3,12H2,1-2H3/b17-10-. The molecule has 1 amide bonds. The van der Waals surface area contributed by atoms with Crippen molar-refractivity contribution in [2.45, 2.75) is 20.5 Å². The summed E-state index contributed by atoms with van der Waals surface area (Å²) in [6.07, 6.45) is 1.36. The van der Waals surface area contributed by atoms with Crippen molar-refractivity contribution in [2.24, 2.45) is 5.10 Å². The number of hydrogen-bond donors (Lipinski definition) is 0. The summed E-state index contributed by atoms with van der Waals surface area (Å²) in [6, 6.07) is 11.5. The third-order valence-electron chi connectivity index (χ3n) is 5.59. The van der Waals surface area contributed by atoms with Crippen LogP contribution in [0.15, 0.2) is 57.6 Å². The summed E-state index contributed by atoms with van der Waals surface area (Å²) in [7, 11) is 0. The Labute approximate surface area is 227 Å². The average molecular weight is 609 g/mol. The maximum atomic E-state index is 14.2. The number of amides is 1. The number of nitrogens with zero attached hydrogens (tertiary/aromatic N) is 2. The molecule has 0 bridgehead atoms. The maximum absolute atomic E-state index is 14.2. The normalized spacial score (nSPS) is 14.2. The van der Waals surface area contributed by atoms with Crippen LogP contribution in [0.4, 0.5) is 27.6 Å². The highest BCUT2D eigenvalue weighted by Gasteiger charge is 2.37. The van der Waals surface area contributed by atoms with Crippen LogP contribution in [0.5, 0.6) is 5.75 Å². The Morgan fingerprint density at radius 3 is 2.18 bits per heavy atom. The third-order valence-corrected chi connectivity index (χ3v) is 6.21. The van der Waals surface area contributed by atoms with E-state index in [9.17, 15) is 31.5 Å². The highest BCUT2D eigenvalue weighted by molar-refractivity contribution is 9.10. The predicted octanol–water partition coefficient (Wildman–Crippen LogP) is 6.71. The molecule has 1 aliphatic rings. The number of carbonyl (C=O) groups excluding carboxylic acids is 2. The van der Waals surface area contributed by atoms with Crippen LogP contribution in [0.1, 0.15) is 35.3 Å². The van der Waals surface area contributed by atoms with E-state index < -0.39 is 46.6 Å². The Kier molecular flexibility index (Phi) is 8.14. The molecule has 202 valence electrons. The van der Waals surface area contributed by atoms with E-state index in [4.69, 9.17) is 9.47 Å². The first-order chi connectivity index (χ1) is 18.5. The van der Waals surface area contributed by atoms with Gasteiger partial charge in [-0.05, 0) is 71.2 Å². The van der Waals surface area contributed by atoms with Crippen molar-refractivity contribution in [1.29, 1.82) is 0 Å². The van der Waals surface area contributed by atoms with Gasteiger partial charge in [-0.25, -0.2) is 26.7 Å². The molecular weight excluding hydrogens is 591 g/mol. The predicted molar refractivity (Wildman–Crippen MR) is 136 cm³/mol. The van der Waals surface area contributed by atoms with Crippen molar-refractivity contribution in [1.82, 2.24) is 0 Å². The molecule has 1 aliphatic heterocycles. The molecule has 0 saturated carbocycles. The number of carbonyl (C=O) groups is 2. The quantitative estimate of drug-likeness (QED) is 0.0983. The highest BCUT2D eigenvalue weighted by Crippen LogP contribution is 2.34. The van der Waals surface area contributed by atoms with Crippen molar-refractivity contribution in [3.63, 3.8) is 0 Å². The van der Waals surface area contributed by atoms with Crippen LogP contribution in [0, 0.1) is 29.1 Å². The molecular formula is C27H18BrF5N2O4. The van der Waals surface area contributed by atoms with Gasteiger partial charge in [-0.3, -0.25) is 4.79 Å². The number of hydrazone groups is 1. The Balaban J connectivity index is 1.51. The van der Waals surface area contributed by atoms with Crippen molar-refractivity contribution < 1.29 is 41.0 Å². The fourth-order valence-corrected chi connectivity index (χ4v) is 4.13. The summed E-state index contributed by atoms with van der Waals surface area (Å²) >= 11 is 3.38. The summed E-state index contributed by atoms with van der Waals surface area (Å²) in [5.74, 6) is -12.1. The van der Waals surface area contributed by atoms with Crippen molar-refractivity contribution in [3.8, 4) is 5.75 Å². The first-order valence-electron chi connectivity index (χ1n) is 11.3. The molecule has 0 aliphatic carbocycles. The summed E-state index contributed by atoms with van der Waals surface area (Å²) in [5, 5.41) is 3.86. The molecule has 0 aromatic heterocycles. The van der Waals surface area contributed by atoms with Crippen LogP contribution >= 0.6 is 15.9 Å². The largest absolute Gasteiger partial charge is 0.488 e. The van der Waals surface area contributed by atoms with Gasteiger partial charge in [-0.2, -0.15) is 10.1 Å². The fourth-order valence-electron chi connectivity index (χ4n) is 3.62. The molecule has 12 heteroatoms. The Morgan fingerprint density at radius 1 is 0.974 bits per heavy atom. The number of rotatable bonds is 7. The van der Waals surface area contributed by atoms with E-state index in [-0.39, 0.29) is 29.5 Å². The van der Waals surface area contributed by atoms with Gasteiger partial charge in [0.15, 0.2) is 23.3 Å². The monoisotopic (exact) mass is 608 g/mol. The summed E-state index contributed by atoms with van der Waals surface area (Å²) in [4.78, 5) is 24.6.